The molecule has 2 N–H and O–H groups in total. The van der Waals surface area contributed by atoms with Crippen LogP contribution < -0.4 is 15.4 Å². The predicted octanol–water partition coefficient (Wildman–Crippen LogP) is 5.49. The van der Waals surface area contributed by atoms with Gasteiger partial charge in [-0.25, -0.2) is 14.8 Å². The molecule has 6 nitrogen and oxygen atoms in total. The molecule has 0 atom stereocenters. The average Bonchev–Trinajstić information content (AvgIpc) is 2.69. The zero-order valence-corrected chi connectivity index (χ0v) is 15.3. The number of benzene rings is 2. The molecule has 0 unspecified atom stereocenters. The largest absolute Gasteiger partial charge is 0.439 e. The van der Waals surface area contributed by atoms with Gasteiger partial charge in [-0.2, -0.15) is 13.2 Å². The summed E-state index contributed by atoms with van der Waals surface area (Å²) in [5.41, 5.74) is 1.21. The normalized spacial score (nSPS) is 11.0. The molecule has 0 aliphatic carbocycles. The molecule has 0 saturated carbocycles. The van der Waals surface area contributed by atoms with E-state index in [1.54, 1.807) is 12.1 Å². The van der Waals surface area contributed by atoms with Crippen molar-refractivity contribution in [1.29, 1.82) is 0 Å². The number of alkyl halides is 3. The molecule has 3 rings (SSSR count). The van der Waals surface area contributed by atoms with Crippen LogP contribution >= 0.6 is 0 Å². The SMILES string of the molecule is CCc1ccc(NC(=O)Nc2ccc(Oc3cc(C(F)(F)F)ncn3)cc2)cc1. The Bertz CT molecular complexity index is 974. The number of nitrogens with zero attached hydrogens (tertiary/aromatic N) is 2. The lowest BCUT2D eigenvalue weighted by atomic mass is 10.1. The van der Waals surface area contributed by atoms with Crippen LogP contribution in [0.5, 0.6) is 11.6 Å². The van der Waals surface area contributed by atoms with Crippen LogP contribution in [-0.2, 0) is 12.6 Å². The van der Waals surface area contributed by atoms with Gasteiger partial charge in [0.1, 0.15) is 12.1 Å². The van der Waals surface area contributed by atoms with Gasteiger partial charge in [0.15, 0.2) is 5.69 Å². The third-order valence-corrected chi connectivity index (χ3v) is 3.89. The zero-order valence-electron chi connectivity index (χ0n) is 15.3. The summed E-state index contributed by atoms with van der Waals surface area (Å²) in [6.45, 7) is 2.04. The van der Waals surface area contributed by atoms with E-state index in [2.05, 4.69) is 20.6 Å². The van der Waals surface area contributed by atoms with Gasteiger partial charge >= 0.3 is 12.2 Å². The summed E-state index contributed by atoms with van der Waals surface area (Å²) in [6, 6.07) is 13.9. The van der Waals surface area contributed by atoms with Gasteiger partial charge in [-0.1, -0.05) is 19.1 Å². The van der Waals surface area contributed by atoms with E-state index in [0.29, 0.717) is 17.4 Å². The molecule has 0 spiro atoms. The van der Waals surface area contributed by atoms with E-state index < -0.39 is 17.9 Å². The summed E-state index contributed by atoms with van der Waals surface area (Å²) < 4.78 is 43.4. The van der Waals surface area contributed by atoms with Gasteiger partial charge in [0.05, 0.1) is 0 Å². The highest BCUT2D eigenvalue weighted by Gasteiger charge is 2.33. The number of carbonyl (C=O) groups excluding carboxylic acids is 1. The van der Waals surface area contributed by atoms with Gasteiger partial charge in [0, 0.05) is 17.4 Å². The summed E-state index contributed by atoms with van der Waals surface area (Å²) in [5, 5.41) is 5.37. The first-order valence-electron chi connectivity index (χ1n) is 8.67. The Morgan fingerprint density at radius 2 is 1.55 bits per heavy atom. The molecule has 0 aliphatic heterocycles. The Morgan fingerprint density at radius 3 is 2.10 bits per heavy atom. The Morgan fingerprint density at radius 1 is 0.966 bits per heavy atom. The molecule has 0 fully saturated rings. The maximum Gasteiger partial charge on any atom is 0.433 e. The number of ether oxygens (including phenoxy) is 1. The maximum atomic E-state index is 12.7. The van der Waals surface area contributed by atoms with Crippen molar-refractivity contribution in [2.24, 2.45) is 0 Å². The van der Waals surface area contributed by atoms with E-state index in [1.807, 2.05) is 31.2 Å². The number of amides is 2. The van der Waals surface area contributed by atoms with Crippen LogP contribution in [0.25, 0.3) is 0 Å². The number of aryl methyl sites for hydroxylation is 1. The van der Waals surface area contributed by atoms with E-state index in [0.717, 1.165) is 18.3 Å². The lowest BCUT2D eigenvalue weighted by molar-refractivity contribution is -0.141. The molecule has 1 aromatic heterocycles. The number of nitrogens with one attached hydrogen (secondary N) is 2. The van der Waals surface area contributed by atoms with Crippen LogP contribution in [0.1, 0.15) is 18.2 Å². The van der Waals surface area contributed by atoms with Crippen molar-refractivity contribution in [3.05, 3.63) is 72.2 Å². The molecule has 0 saturated heterocycles. The summed E-state index contributed by atoms with van der Waals surface area (Å²) in [7, 11) is 0. The highest BCUT2D eigenvalue weighted by Crippen LogP contribution is 2.30. The monoisotopic (exact) mass is 402 g/mol. The quantitative estimate of drug-likeness (QED) is 0.591. The minimum Gasteiger partial charge on any atom is -0.439 e. The van der Waals surface area contributed by atoms with Gasteiger partial charge in [0.25, 0.3) is 0 Å². The van der Waals surface area contributed by atoms with Gasteiger partial charge in [-0.05, 0) is 48.4 Å². The van der Waals surface area contributed by atoms with E-state index in [9.17, 15) is 18.0 Å². The molecule has 3 aromatic rings. The highest BCUT2D eigenvalue weighted by atomic mass is 19.4. The van der Waals surface area contributed by atoms with Crippen LogP contribution in [-0.4, -0.2) is 16.0 Å². The van der Waals surface area contributed by atoms with Crippen molar-refractivity contribution in [1.82, 2.24) is 9.97 Å². The number of aromatic nitrogens is 2. The first-order chi connectivity index (χ1) is 13.8. The topological polar surface area (TPSA) is 76.1 Å². The van der Waals surface area contributed by atoms with Gasteiger partial charge < -0.3 is 15.4 Å². The first kappa shape index (κ1) is 20.1. The molecule has 0 bridgehead atoms. The average molecular weight is 402 g/mol. The molecular weight excluding hydrogens is 385 g/mol. The smallest absolute Gasteiger partial charge is 0.433 e. The van der Waals surface area contributed by atoms with Crippen molar-refractivity contribution >= 4 is 17.4 Å². The van der Waals surface area contributed by atoms with E-state index in [1.165, 1.54) is 12.1 Å². The second kappa shape index (κ2) is 8.59. The third kappa shape index (κ3) is 5.68. The Labute approximate surface area is 164 Å². The highest BCUT2D eigenvalue weighted by molar-refractivity contribution is 5.99. The van der Waals surface area contributed by atoms with E-state index >= 15 is 0 Å². The van der Waals surface area contributed by atoms with Crippen molar-refractivity contribution in [2.45, 2.75) is 19.5 Å². The molecule has 0 aliphatic rings. The Balaban J connectivity index is 1.59. The summed E-state index contributed by atoms with van der Waals surface area (Å²) >= 11 is 0. The molecule has 9 heteroatoms. The number of rotatable bonds is 5. The zero-order chi connectivity index (χ0) is 20.9. The van der Waals surface area contributed by atoms with Gasteiger partial charge in [-0.3, -0.25) is 0 Å². The number of anilines is 2. The number of halogens is 3. The number of hydrogen-bond donors (Lipinski definition) is 2. The minimum absolute atomic E-state index is 0.235. The number of carbonyl (C=O) groups is 1. The Hall–Kier alpha value is -3.62. The molecule has 150 valence electrons. The molecular formula is C20H17F3N4O2. The van der Waals surface area contributed by atoms with E-state index in [4.69, 9.17) is 4.74 Å². The van der Waals surface area contributed by atoms with Gasteiger partial charge in [0.2, 0.25) is 5.88 Å². The third-order valence-electron chi connectivity index (χ3n) is 3.89. The second-order valence-corrected chi connectivity index (χ2v) is 6.00. The minimum atomic E-state index is -4.58. The van der Waals surface area contributed by atoms with Crippen molar-refractivity contribution in [2.75, 3.05) is 10.6 Å². The Kier molecular flexibility index (Phi) is 5.96. The summed E-state index contributed by atoms with van der Waals surface area (Å²) in [4.78, 5) is 18.9. The van der Waals surface area contributed by atoms with Gasteiger partial charge in [-0.15, -0.1) is 0 Å². The fourth-order valence-electron chi connectivity index (χ4n) is 2.39. The lowest BCUT2D eigenvalue weighted by Crippen LogP contribution is -2.19. The maximum absolute atomic E-state index is 12.7. The van der Waals surface area contributed by atoms with Crippen LogP contribution in [0.3, 0.4) is 0 Å². The fourth-order valence-corrected chi connectivity index (χ4v) is 2.39. The van der Waals surface area contributed by atoms with Crippen LogP contribution in [0.2, 0.25) is 0 Å². The summed E-state index contributed by atoms with van der Waals surface area (Å²) in [6.07, 6.45) is -2.89. The second-order valence-electron chi connectivity index (χ2n) is 6.00. The molecule has 2 amide bonds. The first-order valence-corrected chi connectivity index (χ1v) is 8.67. The fraction of sp³-hybridized carbons (Fsp3) is 0.150. The molecule has 1 heterocycles. The van der Waals surface area contributed by atoms with Crippen LogP contribution in [0.15, 0.2) is 60.9 Å². The molecule has 0 radical (unpaired) electrons. The lowest BCUT2D eigenvalue weighted by Gasteiger charge is -2.10. The van der Waals surface area contributed by atoms with Crippen molar-refractivity contribution in [3.8, 4) is 11.6 Å². The standard InChI is InChI=1S/C20H17F3N4O2/c1-2-13-3-5-14(6-4-13)26-19(28)27-15-7-9-16(10-8-15)29-18-11-17(20(21,22)23)24-12-25-18/h3-12H,2H2,1H3,(H2,26,27,28). The predicted molar refractivity (Wildman–Crippen MR) is 102 cm³/mol. The van der Waals surface area contributed by atoms with E-state index in [-0.39, 0.29) is 11.6 Å². The molecule has 2 aromatic carbocycles. The van der Waals surface area contributed by atoms with Crippen LogP contribution in [0, 0.1) is 0 Å². The number of hydrogen-bond acceptors (Lipinski definition) is 4. The summed E-state index contributed by atoms with van der Waals surface area (Å²) in [5.74, 6) is 0.0271. The molecule has 29 heavy (non-hydrogen) atoms. The van der Waals surface area contributed by atoms with Crippen molar-refractivity contribution < 1.29 is 22.7 Å². The van der Waals surface area contributed by atoms with Crippen molar-refractivity contribution in [3.63, 3.8) is 0 Å². The van der Waals surface area contributed by atoms with Crippen LogP contribution in [0.4, 0.5) is 29.3 Å². The number of urea groups is 1.